The summed E-state index contributed by atoms with van der Waals surface area (Å²) in [7, 11) is 3.78. The molecule has 41 heavy (non-hydrogen) atoms. The van der Waals surface area contributed by atoms with Gasteiger partial charge in [0, 0.05) is 61.2 Å². The quantitative estimate of drug-likeness (QED) is 0.363. The van der Waals surface area contributed by atoms with Crippen molar-refractivity contribution in [3.8, 4) is 17.0 Å². The number of carbonyl (C=O) groups excluding carboxylic acids is 2. The second-order valence-electron chi connectivity index (χ2n) is 10.6. The van der Waals surface area contributed by atoms with Crippen LogP contribution in [0.4, 0.5) is 11.5 Å². The highest BCUT2D eigenvalue weighted by Gasteiger charge is 2.20. The van der Waals surface area contributed by atoms with E-state index in [4.69, 9.17) is 9.84 Å². The zero-order chi connectivity index (χ0) is 28.3. The normalized spacial score (nSPS) is 15.3. The van der Waals surface area contributed by atoms with Gasteiger partial charge in [0.05, 0.1) is 19.3 Å². The first-order chi connectivity index (χ1) is 20.0. The van der Waals surface area contributed by atoms with E-state index in [0.29, 0.717) is 30.0 Å². The largest absolute Gasteiger partial charge is 0.497 e. The topological polar surface area (TPSA) is 91.7 Å². The van der Waals surface area contributed by atoms with Crippen LogP contribution in [-0.2, 0) is 13.0 Å². The summed E-state index contributed by atoms with van der Waals surface area (Å²) in [5.41, 5.74) is 6.26. The highest BCUT2D eigenvalue weighted by molar-refractivity contribution is 6.04. The van der Waals surface area contributed by atoms with Crippen molar-refractivity contribution in [2.45, 2.75) is 13.0 Å². The molecule has 0 unspecified atom stereocenters. The molecule has 9 nitrogen and oxygen atoms in total. The molecule has 3 heterocycles. The minimum atomic E-state index is -0.210. The zero-order valence-corrected chi connectivity index (χ0v) is 23.4. The third-order valence-electron chi connectivity index (χ3n) is 7.84. The number of benzene rings is 3. The van der Waals surface area contributed by atoms with Gasteiger partial charge in [0.1, 0.15) is 5.75 Å². The van der Waals surface area contributed by atoms with E-state index in [1.54, 1.807) is 7.11 Å². The molecule has 1 aromatic heterocycles. The number of aromatic nitrogens is 2. The van der Waals surface area contributed by atoms with E-state index in [9.17, 15) is 9.59 Å². The molecule has 2 aliphatic rings. The van der Waals surface area contributed by atoms with Gasteiger partial charge >= 0.3 is 0 Å². The minimum Gasteiger partial charge on any atom is -0.497 e. The maximum absolute atomic E-state index is 13.2. The molecule has 9 heteroatoms. The van der Waals surface area contributed by atoms with Gasteiger partial charge in [-0.15, -0.1) is 0 Å². The lowest BCUT2D eigenvalue weighted by molar-refractivity contribution is 0.0945. The summed E-state index contributed by atoms with van der Waals surface area (Å²) < 4.78 is 7.19. The first kappa shape index (κ1) is 26.6. The van der Waals surface area contributed by atoms with Crippen molar-refractivity contribution >= 4 is 23.3 Å². The monoisotopic (exact) mass is 550 g/mol. The second kappa shape index (κ2) is 11.5. The number of hydrogen-bond acceptors (Lipinski definition) is 6. The molecule has 2 N–H and O–H groups in total. The summed E-state index contributed by atoms with van der Waals surface area (Å²) in [4.78, 5) is 30.2. The van der Waals surface area contributed by atoms with Gasteiger partial charge in [-0.3, -0.25) is 14.3 Å². The lowest BCUT2D eigenvalue weighted by atomic mass is 9.96. The molecular weight excluding hydrogens is 516 g/mol. The van der Waals surface area contributed by atoms with E-state index in [1.165, 1.54) is 0 Å². The van der Waals surface area contributed by atoms with E-state index >= 15 is 0 Å². The Kier molecular flexibility index (Phi) is 7.43. The summed E-state index contributed by atoms with van der Waals surface area (Å²) >= 11 is 0. The van der Waals surface area contributed by atoms with Gasteiger partial charge in [0.25, 0.3) is 11.8 Å². The number of rotatable bonds is 7. The van der Waals surface area contributed by atoms with Crippen LogP contribution in [0.2, 0.25) is 0 Å². The Labute approximate surface area is 239 Å². The Morgan fingerprint density at radius 1 is 0.976 bits per heavy atom. The van der Waals surface area contributed by atoms with Crippen molar-refractivity contribution in [3.05, 3.63) is 95.1 Å². The van der Waals surface area contributed by atoms with Crippen LogP contribution in [0.3, 0.4) is 0 Å². The van der Waals surface area contributed by atoms with Crippen LogP contribution < -0.4 is 20.3 Å². The van der Waals surface area contributed by atoms with Gasteiger partial charge in [-0.2, -0.15) is 5.10 Å². The number of ether oxygens (including phenoxy) is 1. The molecule has 0 spiro atoms. The fraction of sp³-hybridized carbons (Fsp3) is 0.281. The maximum Gasteiger partial charge on any atom is 0.256 e. The van der Waals surface area contributed by atoms with Gasteiger partial charge < -0.3 is 25.2 Å². The van der Waals surface area contributed by atoms with Crippen molar-refractivity contribution in [3.63, 3.8) is 0 Å². The van der Waals surface area contributed by atoms with Crippen LogP contribution >= 0.6 is 0 Å². The third-order valence-corrected chi connectivity index (χ3v) is 7.84. The molecule has 0 radical (unpaired) electrons. The summed E-state index contributed by atoms with van der Waals surface area (Å²) in [6, 6.07) is 23.4. The second-order valence-corrected chi connectivity index (χ2v) is 10.6. The molecule has 0 aliphatic carbocycles. The van der Waals surface area contributed by atoms with Crippen molar-refractivity contribution < 1.29 is 14.3 Å². The molecule has 3 aromatic carbocycles. The molecule has 210 valence electrons. The zero-order valence-electron chi connectivity index (χ0n) is 23.4. The molecular formula is C32H34N6O3. The van der Waals surface area contributed by atoms with Crippen LogP contribution in [0.5, 0.6) is 5.75 Å². The van der Waals surface area contributed by atoms with Crippen LogP contribution in [0.1, 0.15) is 31.8 Å². The van der Waals surface area contributed by atoms with Gasteiger partial charge in [-0.25, -0.2) is 0 Å². The Bertz CT molecular complexity index is 1550. The lowest BCUT2D eigenvalue weighted by Gasteiger charge is -2.34. The molecule has 6 rings (SSSR count). The summed E-state index contributed by atoms with van der Waals surface area (Å²) in [5, 5.41) is 10.7. The number of amides is 2. The Morgan fingerprint density at radius 2 is 1.73 bits per heavy atom. The third kappa shape index (κ3) is 5.81. The molecule has 1 fully saturated rings. The number of anilines is 2. The molecule has 2 amide bonds. The molecule has 0 atom stereocenters. The van der Waals surface area contributed by atoms with Crippen molar-refractivity contribution in [2.24, 2.45) is 0 Å². The maximum atomic E-state index is 13.2. The SMILES string of the molecule is COc1ccc(Cn2nc(NC(=O)c3ccc(N4CCN(C)CC4)cc3)cc2-c2ccc3c(c2)CCNC3=O)cc1. The van der Waals surface area contributed by atoms with E-state index in [1.807, 2.05) is 71.4 Å². The van der Waals surface area contributed by atoms with Crippen LogP contribution in [0, 0.1) is 0 Å². The van der Waals surface area contributed by atoms with E-state index in [2.05, 4.69) is 33.5 Å². The standard InChI is InChI=1S/C32H34N6O3/c1-36-15-17-37(18-16-36)26-8-5-23(6-9-26)31(39)34-30-20-29(25-7-12-28-24(19-25)13-14-33-32(28)40)38(35-30)21-22-3-10-27(41-2)11-4-22/h3-12,19-20H,13-18,21H2,1-2H3,(H,33,40)(H,34,35,39). The number of hydrogen-bond donors (Lipinski definition) is 2. The van der Waals surface area contributed by atoms with E-state index in [0.717, 1.165) is 66.4 Å². The van der Waals surface area contributed by atoms with Crippen LogP contribution in [0.25, 0.3) is 11.3 Å². The van der Waals surface area contributed by atoms with Crippen LogP contribution in [-0.4, -0.2) is 73.4 Å². The highest BCUT2D eigenvalue weighted by atomic mass is 16.5. The summed E-state index contributed by atoms with van der Waals surface area (Å²) in [6.45, 7) is 5.14. The first-order valence-corrected chi connectivity index (χ1v) is 13.9. The number of nitrogens with zero attached hydrogens (tertiary/aromatic N) is 4. The molecule has 0 saturated carbocycles. The molecule has 2 aliphatic heterocycles. The number of nitrogens with one attached hydrogen (secondary N) is 2. The van der Waals surface area contributed by atoms with Gasteiger partial charge in [-0.05, 0) is 73.1 Å². The first-order valence-electron chi connectivity index (χ1n) is 13.9. The van der Waals surface area contributed by atoms with E-state index < -0.39 is 0 Å². The number of piperazine rings is 1. The summed E-state index contributed by atoms with van der Waals surface area (Å²) in [5.74, 6) is 1.000. The minimum absolute atomic E-state index is 0.0452. The fourth-order valence-corrected chi connectivity index (χ4v) is 5.40. The van der Waals surface area contributed by atoms with E-state index in [-0.39, 0.29) is 11.8 Å². The van der Waals surface area contributed by atoms with Crippen molar-refractivity contribution in [1.29, 1.82) is 0 Å². The van der Waals surface area contributed by atoms with Gasteiger partial charge in [-0.1, -0.05) is 18.2 Å². The van der Waals surface area contributed by atoms with Crippen LogP contribution in [0.15, 0.2) is 72.8 Å². The predicted octanol–water partition coefficient (Wildman–Crippen LogP) is 3.90. The van der Waals surface area contributed by atoms with Gasteiger partial charge in [0.15, 0.2) is 5.82 Å². The smallest absolute Gasteiger partial charge is 0.256 e. The Hall–Kier alpha value is -4.63. The highest BCUT2D eigenvalue weighted by Crippen LogP contribution is 2.28. The van der Waals surface area contributed by atoms with Crippen molar-refractivity contribution in [1.82, 2.24) is 20.0 Å². The summed E-state index contributed by atoms with van der Waals surface area (Å²) in [6.07, 6.45) is 0.773. The fourth-order valence-electron chi connectivity index (χ4n) is 5.40. The Balaban J connectivity index is 1.25. The number of fused-ring (bicyclic) bond motifs is 1. The average Bonchev–Trinajstić information content (AvgIpc) is 3.39. The molecule has 0 bridgehead atoms. The average molecular weight is 551 g/mol. The Morgan fingerprint density at radius 3 is 2.46 bits per heavy atom. The van der Waals surface area contributed by atoms with Gasteiger partial charge in [0.2, 0.25) is 0 Å². The number of methoxy groups -OCH3 is 1. The molecule has 4 aromatic rings. The predicted molar refractivity (Wildman–Crippen MR) is 160 cm³/mol. The molecule has 1 saturated heterocycles. The number of likely N-dealkylation sites (N-methyl/N-ethyl adjacent to an activating group) is 1. The lowest BCUT2D eigenvalue weighted by Crippen LogP contribution is -2.44. The van der Waals surface area contributed by atoms with Crippen molar-refractivity contribution in [2.75, 3.05) is 57.1 Å². The number of carbonyl (C=O) groups is 2.